The van der Waals surface area contributed by atoms with Gasteiger partial charge in [0.15, 0.2) is 0 Å². The Morgan fingerprint density at radius 3 is 2.72 bits per heavy atom. The normalized spacial score (nSPS) is 10.9. The molecule has 0 spiro atoms. The van der Waals surface area contributed by atoms with Gasteiger partial charge in [-0.2, -0.15) is 0 Å². The van der Waals surface area contributed by atoms with E-state index in [-0.39, 0.29) is 5.82 Å². The van der Waals surface area contributed by atoms with Crippen LogP contribution < -0.4 is 10.1 Å². The smallest absolute Gasteiger partial charge is 0.127 e. The van der Waals surface area contributed by atoms with E-state index in [0.29, 0.717) is 24.8 Å². The number of benzene rings is 1. The lowest BCUT2D eigenvalue weighted by Gasteiger charge is -2.10. The highest BCUT2D eigenvalue weighted by molar-refractivity contribution is 5.29. The molecular formula is C15H24FNO. The van der Waals surface area contributed by atoms with Crippen molar-refractivity contribution in [2.24, 2.45) is 5.92 Å². The van der Waals surface area contributed by atoms with Crippen molar-refractivity contribution in [2.45, 2.75) is 40.2 Å². The molecule has 0 aliphatic heterocycles. The van der Waals surface area contributed by atoms with Gasteiger partial charge in [0.2, 0.25) is 0 Å². The van der Waals surface area contributed by atoms with E-state index >= 15 is 0 Å². The maximum atomic E-state index is 13.4. The Kier molecular flexibility index (Phi) is 6.73. The third-order valence-corrected chi connectivity index (χ3v) is 2.58. The maximum Gasteiger partial charge on any atom is 0.127 e. The molecule has 1 rings (SSSR count). The summed E-state index contributed by atoms with van der Waals surface area (Å²) in [6.45, 7) is 8.67. The predicted octanol–water partition coefficient (Wildman–Crippen LogP) is 3.75. The zero-order valence-corrected chi connectivity index (χ0v) is 11.6. The minimum Gasteiger partial charge on any atom is -0.493 e. The van der Waals surface area contributed by atoms with Crippen molar-refractivity contribution < 1.29 is 9.13 Å². The minimum atomic E-state index is -0.231. The monoisotopic (exact) mass is 253 g/mol. The van der Waals surface area contributed by atoms with Gasteiger partial charge in [-0.3, -0.25) is 0 Å². The molecule has 1 N–H and O–H groups in total. The molecule has 0 radical (unpaired) electrons. The topological polar surface area (TPSA) is 21.3 Å². The maximum absolute atomic E-state index is 13.4. The molecule has 0 aliphatic carbocycles. The Labute approximate surface area is 110 Å². The number of hydrogen-bond donors (Lipinski definition) is 1. The predicted molar refractivity (Wildman–Crippen MR) is 73.3 cm³/mol. The van der Waals surface area contributed by atoms with Crippen LogP contribution in [-0.4, -0.2) is 13.2 Å². The van der Waals surface area contributed by atoms with Crippen LogP contribution in [0.5, 0.6) is 5.75 Å². The van der Waals surface area contributed by atoms with Crippen molar-refractivity contribution in [3.8, 4) is 5.75 Å². The molecule has 0 bridgehead atoms. The van der Waals surface area contributed by atoms with Crippen LogP contribution in [0.1, 0.15) is 39.2 Å². The molecular weight excluding hydrogens is 229 g/mol. The fourth-order valence-corrected chi connectivity index (χ4v) is 1.65. The minimum absolute atomic E-state index is 0.231. The van der Waals surface area contributed by atoms with Crippen LogP contribution in [0, 0.1) is 11.7 Å². The molecule has 0 saturated heterocycles. The summed E-state index contributed by atoms with van der Waals surface area (Å²) in [5, 5.41) is 3.30. The average molecular weight is 253 g/mol. The number of nitrogens with one attached hydrogen (secondary N) is 1. The van der Waals surface area contributed by atoms with Gasteiger partial charge in [-0.25, -0.2) is 4.39 Å². The fraction of sp³-hybridized carbons (Fsp3) is 0.600. The largest absolute Gasteiger partial charge is 0.493 e. The summed E-state index contributed by atoms with van der Waals surface area (Å²) >= 11 is 0. The van der Waals surface area contributed by atoms with Crippen LogP contribution in [0.2, 0.25) is 0 Å². The van der Waals surface area contributed by atoms with Crippen LogP contribution in [0.15, 0.2) is 18.2 Å². The van der Waals surface area contributed by atoms with Crippen LogP contribution in [-0.2, 0) is 6.54 Å². The van der Waals surface area contributed by atoms with Gasteiger partial charge in [0.25, 0.3) is 0 Å². The molecule has 2 nitrogen and oxygen atoms in total. The molecule has 0 amide bonds. The third kappa shape index (κ3) is 6.01. The zero-order chi connectivity index (χ0) is 13.4. The molecule has 0 fully saturated rings. The highest BCUT2D eigenvalue weighted by Crippen LogP contribution is 2.17. The lowest BCUT2D eigenvalue weighted by atomic mass is 10.2. The second-order valence-corrected chi connectivity index (χ2v) is 5.02. The number of ether oxygens (including phenoxy) is 1. The van der Waals surface area contributed by atoms with Gasteiger partial charge in [0, 0.05) is 12.6 Å². The molecule has 0 atom stereocenters. The van der Waals surface area contributed by atoms with E-state index in [4.69, 9.17) is 4.74 Å². The summed E-state index contributed by atoms with van der Waals surface area (Å²) in [6, 6.07) is 4.91. The molecule has 1 aromatic carbocycles. The van der Waals surface area contributed by atoms with Crippen LogP contribution in [0.3, 0.4) is 0 Å². The Bertz CT molecular complexity index is 352. The van der Waals surface area contributed by atoms with E-state index in [1.165, 1.54) is 6.07 Å². The molecule has 3 heteroatoms. The highest BCUT2D eigenvalue weighted by Gasteiger charge is 2.02. The molecule has 0 saturated carbocycles. The number of rotatable bonds is 8. The highest BCUT2D eigenvalue weighted by atomic mass is 19.1. The van der Waals surface area contributed by atoms with Gasteiger partial charge in [-0.1, -0.05) is 27.2 Å². The van der Waals surface area contributed by atoms with E-state index in [1.807, 2.05) is 6.07 Å². The van der Waals surface area contributed by atoms with Crippen LogP contribution >= 0.6 is 0 Å². The van der Waals surface area contributed by atoms with E-state index < -0.39 is 0 Å². The summed E-state index contributed by atoms with van der Waals surface area (Å²) < 4.78 is 18.9. The fourth-order valence-electron chi connectivity index (χ4n) is 1.65. The van der Waals surface area contributed by atoms with Crippen molar-refractivity contribution in [3.05, 3.63) is 29.6 Å². The average Bonchev–Trinajstić information content (AvgIpc) is 2.28. The first-order valence-electron chi connectivity index (χ1n) is 6.74. The second-order valence-electron chi connectivity index (χ2n) is 5.02. The van der Waals surface area contributed by atoms with Crippen molar-refractivity contribution in [2.75, 3.05) is 13.2 Å². The summed E-state index contributed by atoms with van der Waals surface area (Å²) in [5.74, 6) is 0.994. The standard InChI is InChI=1S/C15H24FNO/c1-4-5-6-18-15-8-13(7-14(16)9-15)11-17-10-12(2)3/h7-9,12,17H,4-6,10-11H2,1-3H3. The van der Waals surface area contributed by atoms with Gasteiger partial charge in [-0.15, -0.1) is 0 Å². The first-order valence-corrected chi connectivity index (χ1v) is 6.74. The van der Waals surface area contributed by atoms with Crippen molar-refractivity contribution >= 4 is 0 Å². The van der Waals surface area contributed by atoms with Gasteiger partial charge in [0.05, 0.1) is 6.61 Å². The Hall–Kier alpha value is -1.09. The van der Waals surface area contributed by atoms with Gasteiger partial charge in [0.1, 0.15) is 11.6 Å². The SMILES string of the molecule is CCCCOc1cc(F)cc(CNCC(C)C)c1. The molecule has 18 heavy (non-hydrogen) atoms. The summed E-state index contributed by atoms with van der Waals surface area (Å²) in [5.41, 5.74) is 0.933. The quantitative estimate of drug-likeness (QED) is 0.712. The molecule has 0 aromatic heterocycles. The van der Waals surface area contributed by atoms with Crippen LogP contribution in [0.25, 0.3) is 0 Å². The van der Waals surface area contributed by atoms with E-state index in [2.05, 4.69) is 26.1 Å². The Morgan fingerprint density at radius 2 is 2.06 bits per heavy atom. The van der Waals surface area contributed by atoms with Crippen LogP contribution in [0.4, 0.5) is 4.39 Å². The van der Waals surface area contributed by atoms with E-state index in [0.717, 1.165) is 24.9 Å². The molecule has 0 heterocycles. The number of hydrogen-bond acceptors (Lipinski definition) is 2. The molecule has 0 unspecified atom stereocenters. The number of halogens is 1. The van der Waals surface area contributed by atoms with Crippen molar-refractivity contribution in [1.82, 2.24) is 5.32 Å². The van der Waals surface area contributed by atoms with Gasteiger partial charge in [-0.05, 0) is 36.6 Å². The molecule has 1 aromatic rings. The van der Waals surface area contributed by atoms with E-state index in [1.54, 1.807) is 6.07 Å². The molecule has 0 aliphatic rings. The lowest BCUT2D eigenvalue weighted by Crippen LogP contribution is -2.19. The summed E-state index contributed by atoms with van der Waals surface area (Å²) in [4.78, 5) is 0. The first kappa shape index (κ1) is 15.0. The zero-order valence-electron chi connectivity index (χ0n) is 11.6. The summed E-state index contributed by atoms with van der Waals surface area (Å²) in [7, 11) is 0. The van der Waals surface area contributed by atoms with Gasteiger partial charge < -0.3 is 10.1 Å². The van der Waals surface area contributed by atoms with Gasteiger partial charge >= 0.3 is 0 Å². The Balaban J connectivity index is 2.51. The third-order valence-electron chi connectivity index (χ3n) is 2.58. The summed E-state index contributed by atoms with van der Waals surface area (Å²) in [6.07, 6.45) is 2.08. The molecule has 102 valence electrons. The lowest BCUT2D eigenvalue weighted by molar-refractivity contribution is 0.307. The van der Waals surface area contributed by atoms with Crippen molar-refractivity contribution in [3.63, 3.8) is 0 Å². The van der Waals surface area contributed by atoms with E-state index in [9.17, 15) is 4.39 Å². The first-order chi connectivity index (χ1) is 8.61. The second kappa shape index (κ2) is 8.09. The van der Waals surface area contributed by atoms with Crippen molar-refractivity contribution in [1.29, 1.82) is 0 Å². The number of unbranched alkanes of at least 4 members (excludes halogenated alkanes) is 1. The Morgan fingerprint density at radius 1 is 1.28 bits per heavy atom.